The van der Waals surface area contributed by atoms with Crippen LogP contribution in [0.5, 0.6) is 5.88 Å². The quantitative estimate of drug-likeness (QED) is 0.413. The van der Waals surface area contributed by atoms with Crippen LogP contribution in [0.1, 0.15) is 18.4 Å². The molecule has 1 aliphatic carbocycles. The van der Waals surface area contributed by atoms with Gasteiger partial charge < -0.3 is 4.74 Å². The fourth-order valence-corrected chi connectivity index (χ4v) is 3.40. The second-order valence-corrected chi connectivity index (χ2v) is 7.38. The van der Waals surface area contributed by atoms with Gasteiger partial charge in [0, 0.05) is 17.8 Å². The number of hydrogen-bond donors (Lipinski definition) is 0. The van der Waals surface area contributed by atoms with E-state index in [1.165, 1.54) is 22.8 Å². The van der Waals surface area contributed by atoms with Gasteiger partial charge in [0.05, 0.1) is 17.0 Å². The Bertz CT molecular complexity index is 1260. The number of alkyl halides is 3. The highest BCUT2D eigenvalue weighted by Gasteiger charge is 2.33. The molecule has 0 amide bonds. The molecular weight excluding hydrogens is 407 g/mol. The third-order valence-corrected chi connectivity index (χ3v) is 5.15. The summed E-state index contributed by atoms with van der Waals surface area (Å²) in [5, 5.41) is 4.62. The minimum atomic E-state index is -4.43. The Labute approximate surface area is 175 Å². The first kappa shape index (κ1) is 19.3. The van der Waals surface area contributed by atoms with Gasteiger partial charge in [0.1, 0.15) is 5.69 Å². The highest BCUT2D eigenvalue weighted by Crippen LogP contribution is 2.38. The Balaban J connectivity index is 1.69. The van der Waals surface area contributed by atoms with Crippen LogP contribution in [0, 0.1) is 5.92 Å². The van der Waals surface area contributed by atoms with Crippen molar-refractivity contribution in [3.8, 4) is 28.3 Å². The number of ether oxygens (including phenoxy) is 1. The second kappa shape index (κ2) is 7.23. The first-order chi connectivity index (χ1) is 14.9. The third kappa shape index (κ3) is 3.65. The van der Waals surface area contributed by atoms with E-state index >= 15 is 0 Å². The van der Waals surface area contributed by atoms with Gasteiger partial charge in [0.15, 0.2) is 5.65 Å². The van der Waals surface area contributed by atoms with Gasteiger partial charge in [-0.15, -0.1) is 0 Å². The van der Waals surface area contributed by atoms with Crippen molar-refractivity contribution in [1.82, 2.24) is 14.6 Å². The number of fused-ring (bicyclic) bond motifs is 1. The molecule has 31 heavy (non-hydrogen) atoms. The minimum Gasteiger partial charge on any atom is -0.407 e. The minimum absolute atomic E-state index is 0.0956. The lowest BCUT2D eigenvalue weighted by atomic mass is 10.00. The Morgan fingerprint density at radius 1 is 0.968 bits per heavy atom. The largest absolute Gasteiger partial charge is 0.416 e. The molecule has 0 spiro atoms. The topological polar surface area (TPSA) is 56.5 Å². The number of nitrogens with zero attached hydrogens (tertiary/aromatic N) is 3. The van der Waals surface area contributed by atoms with Crippen LogP contribution in [0.3, 0.4) is 0 Å². The van der Waals surface area contributed by atoms with Crippen molar-refractivity contribution in [2.75, 3.05) is 0 Å². The summed E-state index contributed by atoms with van der Waals surface area (Å²) in [6.45, 7) is 0. The van der Waals surface area contributed by atoms with Crippen LogP contribution in [0.4, 0.5) is 13.2 Å². The van der Waals surface area contributed by atoms with E-state index in [1.54, 1.807) is 6.07 Å². The summed E-state index contributed by atoms with van der Waals surface area (Å²) >= 11 is 0. The summed E-state index contributed by atoms with van der Waals surface area (Å²) in [6.07, 6.45) is -1.32. The van der Waals surface area contributed by atoms with Crippen molar-refractivity contribution in [1.29, 1.82) is 0 Å². The van der Waals surface area contributed by atoms with Gasteiger partial charge in [-0.25, -0.2) is 4.98 Å². The fourth-order valence-electron chi connectivity index (χ4n) is 3.40. The summed E-state index contributed by atoms with van der Waals surface area (Å²) in [4.78, 5) is 16.6. The number of aromatic nitrogens is 3. The van der Waals surface area contributed by atoms with Crippen molar-refractivity contribution in [3.63, 3.8) is 0 Å². The highest BCUT2D eigenvalue weighted by molar-refractivity contribution is 5.91. The molecule has 1 aliphatic rings. The molecule has 2 aromatic heterocycles. The van der Waals surface area contributed by atoms with Crippen LogP contribution in [0.15, 0.2) is 66.9 Å². The molecule has 2 aromatic carbocycles. The van der Waals surface area contributed by atoms with E-state index in [9.17, 15) is 18.0 Å². The van der Waals surface area contributed by atoms with Gasteiger partial charge in [-0.2, -0.15) is 22.8 Å². The van der Waals surface area contributed by atoms with Gasteiger partial charge in [0.2, 0.25) is 5.88 Å². The molecule has 8 heteroatoms. The van der Waals surface area contributed by atoms with Crippen molar-refractivity contribution in [2.24, 2.45) is 5.92 Å². The number of hydrogen-bond acceptors (Lipinski definition) is 4. The molecule has 156 valence electrons. The van der Waals surface area contributed by atoms with Crippen molar-refractivity contribution in [3.05, 3.63) is 72.4 Å². The molecule has 0 saturated heterocycles. The van der Waals surface area contributed by atoms with Crippen molar-refractivity contribution < 1.29 is 22.7 Å². The summed E-state index contributed by atoms with van der Waals surface area (Å²) in [5.74, 6) is -0.195. The van der Waals surface area contributed by atoms with E-state index in [2.05, 4.69) is 10.1 Å². The van der Waals surface area contributed by atoms with E-state index in [0.29, 0.717) is 22.5 Å². The number of rotatable bonds is 4. The standard InChI is InChI=1S/C23H16F3N3O2/c24-23(25,26)17-10-8-14(9-11-17)19-20(15-4-2-1-3-5-15)28-29-18(12-13-27-21(19)29)31-22(30)16-6-7-16/h1-5,8-13,16H,6-7H2. The van der Waals surface area contributed by atoms with Gasteiger partial charge in [-0.05, 0) is 30.5 Å². The summed E-state index contributed by atoms with van der Waals surface area (Å²) in [5.41, 5.74) is 2.04. The van der Waals surface area contributed by atoms with E-state index in [-0.39, 0.29) is 17.8 Å². The molecule has 1 fully saturated rings. The maximum atomic E-state index is 13.0. The molecule has 2 heterocycles. The third-order valence-electron chi connectivity index (χ3n) is 5.15. The van der Waals surface area contributed by atoms with E-state index < -0.39 is 11.7 Å². The zero-order valence-electron chi connectivity index (χ0n) is 16.1. The van der Waals surface area contributed by atoms with Gasteiger partial charge in [0.25, 0.3) is 0 Å². The molecule has 0 aliphatic heterocycles. The SMILES string of the molecule is O=C(Oc1ccnc2c(-c3ccc(C(F)(F)F)cc3)c(-c3ccccc3)nn12)C1CC1. The number of halogens is 3. The predicted molar refractivity (Wildman–Crippen MR) is 107 cm³/mol. The zero-order chi connectivity index (χ0) is 21.6. The maximum Gasteiger partial charge on any atom is 0.416 e. The van der Waals surface area contributed by atoms with E-state index in [4.69, 9.17) is 4.74 Å². The maximum absolute atomic E-state index is 13.0. The number of esters is 1. The normalized spacial score (nSPS) is 14.0. The number of carbonyl (C=O) groups excluding carboxylic acids is 1. The lowest BCUT2D eigenvalue weighted by molar-refractivity contribution is -0.138. The monoisotopic (exact) mass is 423 g/mol. The van der Waals surface area contributed by atoms with E-state index in [1.807, 2.05) is 30.3 Å². The van der Waals surface area contributed by atoms with Crippen molar-refractivity contribution >= 4 is 11.6 Å². The Kier molecular flexibility index (Phi) is 4.50. The molecule has 5 rings (SSSR count). The van der Waals surface area contributed by atoms with Crippen molar-refractivity contribution in [2.45, 2.75) is 19.0 Å². The molecule has 0 radical (unpaired) electrons. The van der Waals surface area contributed by atoms with Crippen LogP contribution in [0.2, 0.25) is 0 Å². The average molecular weight is 423 g/mol. The number of benzene rings is 2. The Morgan fingerprint density at radius 3 is 2.32 bits per heavy atom. The fraction of sp³-hybridized carbons (Fsp3) is 0.174. The van der Waals surface area contributed by atoms with Gasteiger partial charge in [-0.1, -0.05) is 42.5 Å². The van der Waals surface area contributed by atoms with Crippen LogP contribution in [0.25, 0.3) is 28.0 Å². The highest BCUT2D eigenvalue weighted by atomic mass is 19.4. The summed E-state index contributed by atoms with van der Waals surface area (Å²) in [6, 6.07) is 15.7. The first-order valence-electron chi connectivity index (χ1n) is 9.74. The van der Waals surface area contributed by atoms with Gasteiger partial charge in [-0.3, -0.25) is 4.79 Å². The Hall–Kier alpha value is -3.68. The smallest absolute Gasteiger partial charge is 0.407 e. The Morgan fingerprint density at radius 2 is 1.68 bits per heavy atom. The molecule has 0 unspecified atom stereocenters. The van der Waals surface area contributed by atoms with Crippen LogP contribution < -0.4 is 4.74 Å². The average Bonchev–Trinajstić information content (AvgIpc) is 3.54. The summed E-state index contributed by atoms with van der Waals surface area (Å²) in [7, 11) is 0. The number of carbonyl (C=O) groups is 1. The molecular formula is C23H16F3N3O2. The summed E-state index contributed by atoms with van der Waals surface area (Å²) < 4.78 is 46.0. The molecule has 4 aromatic rings. The first-order valence-corrected chi connectivity index (χ1v) is 9.74. The van der Waals surface area contributed by atoms with E-state index in [0.717, 1.165) is 30.5 Å². The molecule has 1 saturated carbocycles. The van der Waals surface area contributed by atoms with Gasteiger partial charge >= 0.3 is 12.1 Å². The lowest BCUT2D eigenvalue weighted by Gasteiger charge is -2.08. The second-order valence-electron chi connectivity index (χ2n) is 7.38. The van der Waals surface area contributed by atoms with Crippen LogP contribution in [-0.2, 0) is 11.0 Å². The molecule has 5 nitrogen and oxygen atoms in total. The molecule has 0 N–H and O–H groups in total. The van der Waals surface area contributed by atoms with Crippen LogP contribution in [-0.4, -0.2) is 20.6 Å². The molecule has 0 bridgehead atoms. The zero-order valence-corrected chi connectivity index (χ0v) is 16.1. The molecule has 0 atom stereocenters. The van der Waals surface area contributed by atoms with Crippen LogP contribution >= 0.6 is 0 Å². The predicted octanol–water partition coefficient (Wildman–Crippen LogP) is 5.40. The lowest BCUT2D eigenvalue weighted by Crippen LogP contribution is -2.12.